The van der Waals surface area contributed by atoms with Crippen LogP contribution in [0.2, 0.25) is 0 Å². The third-order valence-electron chi connectivity index (χ3n) is 5.24. The lowest BCUT2D eigenvalue weighted by atomic mass is 9.69. The van der Waals surface area contributed by atoms with Gasteiger partial charge in [0.25, 0.3) is 0 Å². The van der Waals surface area contributed by atoms with Crippen LogP contribution in [0.4, 0.5) is 0 Å². The van der Waals surface area contributed by atoms with E-state index in [0.717, 1.165) is 5.56 Å². The fourth-order valence-corrected chi connectivity index (χ4v) is 3.89. The van der Waals surface area contributed by atoms with Crippen LogP contribution in [0, 0.1) is 23.2 Å². The van der Waals surface area contributed by atoms with Crippen LogP contribution in [0.25, 0.3) is 0 Å². The molecular weight excluding hydrogens is 308 g/mol. The minimum Gasteiger partial charge on any atom is -0.481 e. The van der Waals surface area contributed by atoms with Gasteiger partial charge in [-0.05, 0) is 30.7 Å². The summed E-state index contributed by atoms with van der Waals surface area (Å²) in [5.41, 5.74) is 4.50. The first kappa shape index (κ1) is 16.2. The van der Waals surface area contributed by atoms with Crippen molar-refractivity contribution in [3.8, 4) is 0 Å². The second-order valence-corrected chi connectivity index (χ2v) is 6.66. The molecule has 6 heteroatoms. The molecule has 0 aromatic heterocycles. The third kappa shape index (κ3) is 2.68. The summed E-state index contributed by atoms with van der Waals surface area (Å²) in [6.07, 6.45) is 4.61. The van der Waals surface area contributed by atoms with E-state index in [1.165, 1.54) is 0 Å². The monoisotopic (exact) mass is 328 g/mol. The largest absolute Gasteiger partial charge is 0.481 e. The number of carboxylic acid groups (broad SMARTS) is 1. The normalized spacial score (nSPS) is 30.1. The van der Waals surface area contributed by atoms with Gasteiger partial charge in [0, 0.05) is 0 Å². The number of hydrazine groups is 1. The fourth-order valence-electron chi connectivity index (χ4n) is 3.89. The van der Waals surface area contributed by atoms with Crippen LogP contribution in [0.1, 0.15) is 18.9 Å². The van der Waals surface area contributed by atoms with E-state index >= 15 is 0 Å². The number of carbonyl (C=O) groups excluding carboxylic acids is 2. The van der Waals surface area contributed by atoms with Crippen molar-refractivity contribution < 1.29 is 19.5 Å². The molecule has 1 saturated carbocycles. The van der Waals surface area contributed by atoms with E-state index in [2.05, 4.69) is 10.9 Å². The van der Waals surface area contributed by atoms with Gasteiger partial charge in [-0.2, -0.15) is 0 Å². The maximum Gasteiger partial charge on any atom is 0.310 e. The highest BCUT2D eigenvalue weighted by Gasteiger charge is 2.60. The van der Waals surface area contributed by atoms with Gasteiger partial charge in [-0.1, -0.05) is 42.5 Å². The molecule has 3 N–H and O–H groups in total. The Morgan fingerprint density at radius 2 is 1.88 bits per heavy atom. The Hall–Kier alpha value is -2.63. The molecule has 1 aromatic carbocycles. The molecule has 0 spiro atoms. The Kier molecular flexibility index (Phi) is 4.13. The van der Waals surface area contributed by atoms with E-state index in [4.69, 9.17) is 0 Å². The Balaban J connectivity index is 1.62. The van der Waals surface area contributed by atoms with E-state index in [-0.39, 0.29) is 24.2 Å². The predicted molar refractivity (Wildman–Crippen MR) is 86.4 cm³/mol. The first-order valence-corrected chi connectivity index (χ1v) is 7.97. The molecule has 0 aliphatic heterocycles. The summed E-state index contributed by atoms with van der Waals surface area (Å²) in [5.74, 6) is -2.68. The average Bonchev–Trinajstić information content (AvgIpc) is 3.13. The quantitative estimate of drug-likeness (QED) is 0.573. The van der Waals surface area contributed by atoms with Crippen LogP contribution in [-0.4, -0.2) is 22.9 Å². The number of carboxylic acids is 1. The van der Waals surface area contributed by atoms with E-state index < -0.39 is 23.2 Å². The minimum absolute atomic E-state index is 0.0953. The van der Waals surface area contributed by atoms with Gasteiger partial charge < -0.3 is 5.11 Å². The molecule has 0 saturated heterocycles. The molecule has 0 radical (unpaired) electrons. The molecule has 2 aliphatic carbocycles. The van der Waals surface area contributed by atoms with Crippen LogP contribution in [0.5, 0.6) is 0 Å². The summed E-state index contributed by atoms with van der Waals surface area (Å²) in [6.45, 7) is 1.61. The SMILES string of the molecule is C[C@]1(C(=O)O)[C@H]2C=C[C@@H](C2)[C@@H]1C(=O)NNC(=O)Cc1ccccc1. The molecule has 126 valence electrons. The standard InChI is InChI=1S/C18H20N2O4/c1-18(17(23)24)13-8-7-12(10-13)15(18)16(22)20-19-14(21)9-11-5-3-2-4-6-11/h2-8,12-13,15H,9-10H2,1H3,(H,19,21)(H,20,22)(H,23,24)/t12-,13-,15+,18-/m0/s1. The molecule has 2 aliphatic rings. The number of fused-ring (bicyclic) bond motifs is 2. The first-order valence-electron chi connectivity index (χ1n) is 7.97. The van der Waals surface area contributed by atoms with Gasteiger partial charge in [0.15, 0.2) is 0 Å². The van der Waals surface area contributed by atoms with Gasteiger partial charge in [0.2, 0.25) is 11.8 Å². The zero-order valence-corrected chi connectivity index (χ0v) is 13.4. The zero-order valence-electron chi connectivity index (χ0n) is 13.4. The van der Waals surface area contributed by atoms with E-state index in [0.29, 0.717) is 6.42 Å². The van der Waals surface area contributed by atoms with E-state index in [1.54, 1.807) is 6.92 Å². The van der Waals surface area contributed by atoms with Crippen LogP contribution in [0.3, 0.4) is 0 Å². The number of nitrogens with one attached hydrogen (secondary N) is 2. The van der Waals surface area contributed by atoms with Gasteiger partial charge in [-0.3, -0.25) is 25.2 Å². The summed E-state index contributed by atoms with van der Waals surface area (Å²) < 4.78 is 0. The number of aliphatic carboxylic acids is 1. The van der Waals surface area contributed by atoms with Crippen molar-refractivity contribution in [2.75, 3.05) is 0 Å². The molecule has 1 aromatic rings. The summed E-state index contributed by atoms with van der Waals surface area (Å²) in [6, 6.07) is 9.17. The highest BCUT2D eigenvalue weighted by Crippen LogP contribution is 2.56. The van der Waals surface area contributed by atoms with E-state index in [9.17, 15) is 19.5 Å². The summed E-state index contributed by atoms with van der Waals surface area (Å²) >= 11 is 0. The highest BCUT2D eigenvalue weighted by molar-refractivity contribution is 5.90. The molecule has 2 bridgehead atoms. The molecule has 24 heavy (non-hydrogen) atoms. The second-order valence-electron chi connectivity index (χ2n) is 6.66. The van der Waals surface area contributed by atoms with Crippen LogP contribution in [-0.2, 0) is 20.8 Å². The molecule has 3 rings (SSSR count). The Morgan fingerprint density at radius 3 is 2.54 bits per heavy atom. The Labute approximate surface area is 139 Å². The highest BCUT2D eigenvalue weighted by atomic mass is 16.4. The second kappa shape index (κ2) is 6.11. The molecular formula is C18H20N2O4. The van der Waals surface area contributed by atoms with Gasteiger partial charge in [-0.25, -0.2) is 0 Å². The molecule has 6 nitrogen and oxygen atoms in total. The smallest absolute Gasteiger partial charge is 0.310 e. The molecule has 1 fully saturated rings. The van der Waals surface area contributed by atoms with Crippen LogP contribution >= 0.6 is 0 Å². The van der Waals surface area contributed by atoms with E-state index in [1.807, 2.05) is 42.5 Å². The lowest BCUT2D eigenvalue weighted by molar-refractivity contribution is -0.156. The lowest BCUT2D eigenvalue weighted by Gasteiger charge is -2.33. The van der Waals surface area contributed by atoms with Gasteiger partial charge >= 0.3 is 5.97 Å². The number of hydrogen-bond donors (Lipinski definition) is 3. The van der Waals surface area contributed by atoms with Crippen molar-refractivity contribution in [3.63, 3.8) is 0 Å². The van der Waals surface area contributed by atoms with Crippen molar-refractivity contribution in [2.45, 2.75) is 19.8 Å². The number of amides is 2. The summed E-state index contributed by atoms with van der Waals surface area (Å²) in [7, 11) is 0. The molecule has 0 heterocycles. The summed E-state index contributed by atoms with van der Waals surface area (Å²) in [4.78, 5) is 36.1. The average molecular weight is 328 g/mol. The number of carbonyl (C=O) groups is 3. The lowest BCUT2D eigenvalue weighted by Crippen LogP contribution is -2.52. The van der Waals surface area contributed by atoms with Crippen LogP contribution in [0.15, 0.2) is 42.5 Å². The van der Waals surface area contributed by atoms with Crippen molar-refractivity contribution in [1.29, 1.82) is 0 Å². The zero-order chi connectivity index (χ0) is 17.3. The summed E-state index contributed by atoms with van der Waals surface area (Å²) in [5, 5.41) is 9.58. The van der Waals surface area contributed by atoms with Crippen LogP contribution < -0.4 is 10.9 Å². The fraction of sp³-hybridized carbons (Fsp3) is 0.389. The number of hydrogen-bond acceptors (Lipinski definition) is 3. The third-order valence-corrected chi connectivity index (χ3v) is 5.24. The first-order chi connectivity index (χ1) is 11.4. The Bertz CT molecular complexity index is 700. The number of allylic oxidation sites excluding steroid dienone is 2. The maximum absolute atomic E-state index is 12.5. The van der Waals surface area contributed by atoms with Crippen molar-refractivity contribution in [1.82, 2.24) is 10.9 Å². The Morgan fingerprint density at radius 1 is 1.17 bits per heavy atom. The topological polar surface area (TPSA) is 95.5 Å². The van der Waals surface area contributed by atoms with Gasteiger partial charge in [-0.15, -0.1) is 0 Å². The van der Waals surface area contributed by atoms with Crippen molar-refractivity contribution >= 4 is 17.8 Å². The molecule has 0 unspecified atom stereocenters. The van der Waals surface area contributed by atoms with Gasteiger partial charge in [0.1, 0.15) is 0 Å². The van der Waals surface area contributed by atoms with Gasteiger partial charge in [0.05, 0.1) is 17.8 Å². The molecule has 4 atom stereocenters. The van der Waals surface area contributed by atoms with Crippen molar-refractivity contribution in [2.24, 2.45) is 23.2 Å². The van der Waals surface area contributed by atoms with Crippen molar-refractivity contribution in [3.05, 3.63) is 48.0 Å². The minimum atomic E-state index is -1.13. The number of rotatable bonds is 4. The molecule has 2 amide bonds. The predicted octanol–water partition coefficient (Wildman–Crippen LogP) is 1.29. The maximum atomic E-state index is 12.5. The number of benzene rings is 1.